The summed E-state index contributed by atoms with van der Waals surface area (Å²) in [5, 5.41) is 6.52. The van der Waals surface area contributed by atoms with Gasteiger partial charge in [0.1, 0.15) is 0 Å². The molecule has 4 atom stereocenters. The Hall–Kier alpha value is -0.610. The predicted octanol–water partition coefficient (Wildman–Crippen LogP) is 1.31. The maximum absolute atomic E-state index is 12.0. The Morgan fingerprint density at radius 2 is 2.22 bits per heavy atom. The molecule has 2 aliphatic rings. The number of hydrogen-bond acceptors (Lipinski definition) is 3. The van der Waals surface area contributed by atoms with Crippen LogP contribution in [0.5, 0.6) is 0 Å². The molecule has 4 unspecified atom stereocenters. The minimum absolute atomic E-state index is 0.171. The molecule has 0 bridgehead atoms. The third kappa shape index (κ3) is 3.95. The van der Waals surface area contributed by atoms with Crippen LogP contribution in [0.15, 0.2) is 0 Å². The Kier molecular flexibility index (Phi) is 5.01. The summed E-state index contributed by atoms with van der Waals surface area (Å²) in [7, 11) is 0. The van der Waals surface area contributed by atoms with Gasteiger partial charge in [0, 0.05) is 25.0 Å². The van der Waals surface area contributed by atoms with E-state index in [1.54, 1.807) is 0 Å². The fraction of sp³-hybridized carbons (Fsp3) is 0.929. The van der Waals surface area contributed by atoms with E-state index in [2.05, 4.69) is 24.5 Å². The normalized spacial score (nSPS) is 37.2. The summed E-state index contributed by atoms with van der Waals surface area (Å²) in [5.41, 5.74) is 0. The highest BCUT2D eigenvalue weighted by Crippen LogP contribution is 2.28. The lowest BCUT2D eigenvalue weighted by Gasteiger charge is -2.33. The first-order chi connectivity index (χ1) is 8.65. The van der Waals surface area contributed by atoms with Crippen molar-refractivity contribution < 1.29 is 9.53 Å². The highest BCUT2D eigenvalue weighted by atomic mass is 16.5. The molecule has 1 saturated carbocycles. The van der Waals surface area contributed by atoms with Gasteiger partial charge in [0.2, 0.25) is 5.91 Å². The van der Waals surface area contributed by atoms with Crippen molar-refractivity contribution in [3.63, 3.8) is 0 Å². The second kappa shape index (κ2) is 6.53. The zero-order valence-electron chi connectivity index (χ0n) is 11.6. The molecule has 1 aliphatic heterocycles. The second-order valence-corrected chi connectivity index (χ2v) is 6.00. The quantitative estimate of drug-likeness (QED) is 0.798. The lowest BCUT2D eigenvalue weighted by molar-refractivity contribution is -0.123. The maximum Gasteiger partial charge on any atom is 0.221 e. The van der Waals surface area contributed by atoms with Crippen LogP contribution in [-0.4, -0.2) is 37.7 Å². The third-order valence-corrected chi connectivity index (χ3v) is 4.21. The van der Waals surface area contributed by atoms with Crippen LogP contribution in [0, 0.1) is 11.8 Å². The number of morpholine rings is 1. The van der Waals surface area contributed by atoms with Crippen molar-refractivity contribution in [2.75, 3.05) is 19.8 Å². The molecule has 104 valence electrons. The minimum atomic E-state index is 0.171. The van der Waals surface area contributed by atoms with E-state index in [1.807, 2.05) is 0 Å². The molecule has 0 aromatic rings. The Labute approximate surface area is 110 Å². The number of hydrogen-bond donors (Lipinski definition) is 2. The van der Waals surface area contributed by atoms with E-state index < -0.39 is 0 Å². The fourth-order valence-electron chi connectivity index (χ4n) is 3.12. The molecule has 4 nitrogen and oxygen atoms in total. The van der Waals surface area contributed by atoms with Gasteiger partial charge in [0.05, 0.1) is 13.2 Å². The van der Waals surface area contributed by atoms with E-state index in [1.165, 1.54) is 12.8 Å². The van der Waals surface area contributed by atoms with Crippen LogP contribution >= 0.6 is 0 Å². The first-order valence-corrected chi connectivity index (χ1v) is 7.25. The molecule has 1 amide bonds. The molecule has 0 aromatic heterocycles. The largest absolute Gasteiger partial charge is 0.378 e. The van der Waals surface area contributed by atoms with Crippen molar-refractivity contribution in [2.24, 2.45) is 11.8 Å². The molecule has 1 aliphatic carbocycles. The lowest BCUT2D eigenvalue weighted by Crippen LogP contribution is -2.47. The molecular weight excluding hydrogens is 228 g/mol. The van der Waals surface area contributed by atoms with Crippen molar-refractivity contribution in [2.45, 2.75) is 51.6 Å². The van der Waals surface area contributed by atoms with E-state index in [9.17, 15) is 4.79 Å². The van der Waals surface area contributed by atoms with Crippen molar-refractivity contribution >= 4 is 5.91 Å². The Balaban J connectivity index is 1.73. The Morgan fingerprint density at radius 3 is 2.89 bits per heavy atom. The monoisotopic (exact) mass is 254 g/mol. The van der Waals surface area contributed by atoms with Crippen molar-refractivity contribution in [1.82, 2.24) is 10.6 Å². The molecule has 0 aromatic carbocycles. The van der Waals surface area contributed by atoms with Crippen LogP contribution in [0.4, 0.5) is 0 Å². The molecule has 0 radical (unpaired) electrons. The van der Waals surface area contributed by atoms with Crippen LogP contribution in [0.2, 0.25) is 0 Å². The number of carbonyl (C=O) groups is 1. The van der Waals surface area contributed by atoms with Gasteiger partial charge >= 0.3 is 0 Å². The number of nitrogens with one attached hydrogen (secondary N) is 2. The first kappa shape index (κ1) is 13.8. The number of amides is 1. The van der Waals surface area contributed by atoms with Gasteiger partial charge in [-0.3, -0.25) is 4.79 Å². The summed E-state index contributed by atoms with van der Waals surface area (Å²) in [6.45, 7) is 6.83. The van der Waals surface area contributed by atoms with E-state index in [-0.39, 0.29) is 11.9 Å². The van der Waals surface area contributed by atoms with Crippen molar-refractivity contribution in [3.05, 3.63) is 0 Å². The average Bonchev–Trinajstić information content (AvgIpc) is 2.34. The summed E-state index contributed by atoms with van der Waals surface area (Å²) < 4.78 is 5.37. The minimum Gasteiger partial charge on any atom is -0.378 e. The smallest absolute Gasteiger partial charge is 0.221 e. The standard InChI is InChI=1S/C14H26N2O2/c1-10-3-4-13(11(2)7-10)16-14(17)8-12-9-18-6-5-15-12/h10-13,15H,3-9H2,1-2H3,(H,16,17). The van der Waals surface area contributed by atoms with Crippen molar-refractivity contribution in [3.8, 4) is 0 Å². The second-order valence-electron chi connectivity index (χ2n) is 6.00. The number of ether oxygens (including phenoxy) is 1. The van der Waals surface area contributed by atoms with Gasteiger partial charge in [0.15, 0.2) is 0 Å². The van der Waals surface area contributed by atoms with Gasteiger partial charge in [-0.05, 0) is 31.1 Å². The molecule has 0 spiro atoms. The zero-order chi connectivity index (χ0) is 13.0. The van der Waals surface area contributed by atoms with Gasteiger partial charge in [-0.15, -0.1) is 0 Å². The summed E-state index contributed by atoms with van der Waals surface area (Å²) in [6, 6.07) is 0.565. The molecular formula is C14H26N2O2. The summed E-state index contributed by atoms with van der Waals surface area (Å²) in [4.78, 5) is 12.0. The van der Waals surface area contributed by atoms with Crippen LogP contribution in [0.25, 0.3) is 0 Å². The lowest BCUT2D eigenvalue weighted by atomic mass is 9.80. The first-order valence-electron chi connectivity index (χ1n) is 7.25. The Bertz CT molecular complexity index is 277. The van der Waals surface area contributed by atoms with Gasteiger partial charge in [0.25, 0.3) is 0 Å². The average molecular weight is 254 g/mol. The van der Waals surface area contributed by atoms with E-state index >= 15 is 0 Å². The van der Waals surface area contributed by atoms with Crippen molar-refractivity contribution in [1.29, 1.82) is 0 Å². The maximum atomic E-state index is 12.0. The summed E-state index contributed by atoms with van der Waals surface area (Å²) >= 11 is 0. The molecule has 2 fully saturated rings. The SMILES string of the molecule is CC1CCC(NC(=O)CC2COCCN2)C(C)C1. The summed E-state index contributed by atoms with van der Waals surface area (Å²) in [6.07, 6.45) is 4.14. The van der Waals surface area contributed by atoms with Crippen LogP contribution < -0.4 is 10.6 Å². The van der Waals surface area contributed by atoms with E-state index in [0.29, 0.717) is 25.0 Å². The molecule has 1 saturated heterocycles. The van der Waals surface area contributed by atoms with Crippen LogP contribution in [0.1, 0.15) is 39.5 Å². The topological polar surface area (TPSA) is 50.4 Å². The molecule has 2 rings (SSSR count). The molecule has 2 N–H and O–H groups in total. The highest BCUT2D eigenvalue weighted by molar-refractivity contribution is 5.77. The molecule has 4 heteroatoms. The third-order valence-electron chi connectivity index (χ3n) is 4.21. The molecule has 1 heterocycles. The van der Waals surface area contributed by atoms with Crippen LogP contribution in [0.3, 0.4) is 0 Å². The highest BCUT2D eigenvalue weighted by Gasteiger charge is 2.27. The van der Waals surface area contributed by atoms with E-state index in [4.69, 9.17) is 4.74 Å². The molecule has 18 heavy (non-hydrogen) atoms. The fourth-order valence-corrected chi connectivity index (χ4v) is 3.12. The predicted molar refractivity (Wildman–Crippen MR) is 71.3 cm³/mol. The number of carbonyl (C=O) groups excluding carboxylic acids is 1. The zero-order valence-corrected chi connectivity index (χ0v) is 11.6. The van der Waals surface area contributed by atoms with Gasteiger partial charge in [-0.2, -0.15) is 0 Å². The van der Waals surface area contributed by atoms with Gasteiger partial charge in [-0.25, -0.2) is 0 Å². The Morgan fingerprint density at radius 1 is 1.39 bits per heavy atom. The summed E-state index contributed by atoms with van der Waals surface area (Å²) in [5.74, 6) is 1.58. The van der Waals surface area contributed by atoms with Gasteiger partial charge < -0.3 is 15.4 Å². The van der Waals surface area contributed by atoms with E-state index in [0.717, 1.165) is 25.5 Å². The van der Waals surface area contributed by atoms with Crippen LogP contribution in [-0.2, 0) is 9.53 Å². The number of rotatable bonds is 3. The van der Waals surface area contributed by atoms with Gasteiger partial charge in [-0.1, -0.05) is 13.8 Å².